The quantitative estimate of drug-likeness (QED) is 0.106. The topological polar surface area (TPSA) is 9.72 Å². The minimum absolute atomic E-state index is 0.0128. The number of hydrogen-bond acceptors (Lipinski definition) is 3. The third-order valence-corrected chi connectivity index (χ3v) is 16.8. The largest absolute Gasteiger partial charge is 0.416 e. The van der Waals surface area contributed by atoms with Crippen molar-refractivity contribution in [1.82, 2.24) is 12.9 Å². The molecule has 0 aromatic heterocycles. The van der Waals surface area contributed by atoms with Gasteiger partial charge in [-0.15, -0.1) is 0 Å². The Morgan fingerprint density at radius 1 is 0.224 bits per heavy atom. The number of nitrogens with zero attached hydrogens (tertiary/aromatic N) is 3. The molecule has 0 aliphatic carbocycles. The second-order valence-corrected chi connectivity index (χ2v) is 21.2. The van der Waals surface area contributed by atoms with Crippen LogP contribution in [-0.2, 0) is 48.5 Å². The lowest BCUT2D eigenvalue weighted by molar-refractivity contribution is -0.138. The molecule has 3 saturated heterocycles. The fourth-order valence-electron chi connectivity index (χ4n) is 10.7. The number of rotatable bonds is 9. The lowest BCUT2D eigenvalue weighted by atomic mass is 9.83. The lowest BCUT2D eigenvalue weighted by Gasteiger charge is -2.28. The van der Waals surface area contributed by atoms with Crippen LogP contribution < -0.4 is 0 Å². The van der Waals surface area contributed by atoms with Crippen molar-refractivity contribution in [2.45, 2.75) is 72.6 Å². The molecular formula is C54H42F18N3S+. The van der Waals surface area contributed by atoms with Gasteiger partial charge in [0.25, 0.3) is 11.5 Å². The van der Waals surface area contributed by atoms with Crippen molar-refractivity contribution in [3.8, 4) is 0 Å². The van der Waals surface area contributed by atoms with Gasteiger partial charge in [-0.25, -0.2) is 0 Å². The first-order valence-electron chi connectivity index (χ1n) is 23.5. The SMILES string of the molecule is FC(F)(F)c1ccc([C@@H]2CN([S+](N3C[C@@H](c4ccc(C(F)(F)F)cc4)[C@H](c4ccc(C(F)(F)F)cc4)C3)N3C[C@@H](c4ccc(C(F)(F)F)cc4)[C@H](c4ccc(C(F)(F)F)cc4)C3)C[C@H]2c2ccc(C(F)(F)F)cc2)cc1. The Bertz CT molecular complexity index is 2410. The Labute approximate surface area is 426 Å². The maximum Gasteiger partial charge on any atom is 0.416 e. The summed E-state index contributed by atoms with van der Waals surface area (Å²) in [5, 5.41) is 0. The molecule has 76 heavy (non-hydrogen) atoms. The van der Waals surface area contributed by atoms with Crippen molar-refractivity contribution in [1.29, 1.82) is 0 Å². The van der Waals surface area contributed by atoms with E-state index in [4.69, 9.17) is 0 Å². The van der Waals surface area contributed by atoms with Gasteiger partial charge in [0.05, 0.1) is 72.6 Å². The zero-order chi connectivity index (χ0) is 54.9. The van der Waals surface area contributed by atoms with Crippen LogP contribution in [-0.4, -0.2) is 52.2 Å². The van der Waals surface area contributed by atoms with Gasteiger partial charge in [-0.3, -0.25) is 0 Å². The fourth-order valence-corrected chi connectivity index (χ4v) is 13.5. The van der Waals surface area contributed by atoms with E-state index < -0.39 is 117 Å². The Hall–Kier alpha value is -5.71. The van der Waals surface area contributed by atoms with Crippen LogP contribution in [0.4, 0.5) is 79.0 Å². The van der Waals surface area contributed by atoms with Gasteiger partial charge < -0.3 is 0 Å². The van der Waals surface area contributed by atoms with E-state index >= 15 is 0 Å². The molecule has 0 N–H and O–H groups in total. The third kappa shape index (κ3) is 11.7. The summed E-state index contributed by atoms with van der Waals surface area (Å²) in [5.74, 6) is -4.29. The maximum absolute atomic E-state index is 13.9. The molecule has 3 nitrogen and oxygen atoms in total. The highest BCUT2D eigenvalue weighted by atomic mass is 32.2. The van der Waals surface area contributed by atoms with Crippen molar-refractivity contribution in [2.24, 2.45) is 0 Å². The highest BCUT2D eigenvalue weighted by Gasteiger charge is 2.57. The molecule has 6 atom stereocenters. The molecule has 0 spiro atoms. The summed E-state index contributed by atoms with van der Waals surface area (Å²) in [4.78, 5) is 0. The summed E-state index contributed by atoms with van der Waals surface area (Å²) < 4.78 is 256. The monoisotopic (exact) mass is 1110 g/mol. The van der Waals surface area contributed by atoms with Crippen molar-refractivity contribution >= 4 is 11.5 Å². The van der Waals surface area contributed by atoms with E-state index in [-0.39, 0.29) is 39.3 Å². The van der Waals surface area contributed by atoms with Gasteiger partial charge >= 0.3 is 37.1 Å². The zero-order valence-electron chi connectivity index (χ0n) is 39.1. The number of alkyl halides is 18. The van der Waals surface area contributed by atoms with Gasteiger partial charge in [-0.1, -0.05) is 85.7 Å². The highest BCUT2D eigenvalue weighted by Crippen LogP contribution is 2.51. The van der Waals surface area contributed by atoms with Gasteiger partial charge in [-0.2, -0.15) is 79.0 Å². The zero-order valence-corrected chi connectivity index (χ0v) is 39.9. The molecule has 0 radical (unpaired) electrons. The van der Waals surface area contributed by atoms with E-state index in [9.17, 15) is 79.0 Å². The summed E-state index contributed by atoms with van der Waals surface area (Å²) >= 11 is -1.41. The van der Waals surface area contributed by atoms with Crippen molar-refractivity contribution in [2.75, 3.05) is 39.3 Å². The normalized spacial score (nSPS) is 22.8. The predicted molar refractivity (Wildman–Crippen MR) is 247 cm³/mol. The average Bonchev–Trinajstić information content (AvgIpc) is 4.12. The first-order valence-corrected chi connectivity index (χ1v) is 24.6. The standard InChI is InChI=1S/C54H42F18N3S/c55-49(56,57)37-13-1-31(2-14-37)43-25-73(26-44(43)32-3-15-38(16-4-32)50(58,59)60)76(74-27-45(33-5-17-39(18-6-33)51(61,62)63)46(28-74)34-7-19-40(20-8-34)52(64,65)66)75-29-47(35-9-21-41(22-10-35)53(67,68)69)48(30-75)36-11-23-42(24-12-36)54(70,71)72/h1-24,43-48H,25-30H2/q+1/t43-,44-,45-,46-,47-,48-/m0/s1. The van der Waals surface area contributed by atoms with Gasteiger partial charge in [0.2, 0.25) is 0 Å². The van der Waals surface area contributed by atoms with Crippen LogP contribution in [0.2, 0.25) is 0 Å². The fraction of sp³-hybridized carbons (Fsp3) is 0.333. The minimum Gasteiger partial charge on any atom is -0.166 e. The van der Waals surface area contributed by atoms with E-state index in [0.29, 0.717) is 33.4 Å². The summed E-state index contributed by atoms with van der Waals surface area (Å²) in [7, 11) is 0. The summed E-state index contributed by atoms with van der Waals surface area (Å²) in [6, 6.07) is 25.6. The smallest absolute Gasteiger partial charge is 0.166 e. The second-order valence-electron chi connectivity index (χ2n) is 19.1. The molecule has 3 fully saturated rings. The number of benzene rings is 6. The molecule has 6 aromatic carbocycles. The van der Waals surface area contributed by atoms with Crippen LogP contribution in [0.5, 0.6) is 0 Å². The first-order chi connectivity index (χ1) is 35.4. The van der Waals surface area contributed by atoms with Crippen LogP contribution in [0.1, 0.15) is 102 Å². The Morgan fingerprint density at radius 3 is 0.447 bits per heavy atom. The van der Waals surface area contributed by atoms with Gasteiger partial charge in [-0.05, 0) is 106 Å². The van der Waals surface area contributed by atoms with Crippen molar-refractivity contribution in [3.05, 3.63) is 212 Å². The molecule has 0 bridgehead atoms. The molecule has 3 aliphatic heterocycles. The lowest BCUT2D eigenvalue weighted by Crippen LogP contribution is -2.51. The second kappa shape index (κ2) is 20.3. The van der Waals surface area contributed by atoms with Gasteiger partial charge in [0.1, 0.15) is 0 Å². The molecule has 3 heterocycles. The summed E-state index contributed by atoms with van der Waals surface area (Å²) in [6.45, 7) is 0.0771. The summed E-state index contributed by atoms with van der Waals surface area (Å²) in [5.41, 5.74) is -3.58. The molecule has 0 unspecified atom stereocenters. The van der Waals surface area contributed by atoms with Gasteiger partial charge in [0.15, 0.2) is 0 Å². The Kier molecular flexibility index (Phi) is 14.7. The van der Waals surface area contributed by atoms with Crippen LogP contribution >= 0.6 is 0 Å². The summed E-state index contributed by atoms with van der Waals surface area (Å²) in [6.07, 6.45) is -28.4. The minimum atomic E-state index is -4.73. The Morgan fingerprint density at radius 2 is 0.342 bits per heavy atom. The molecule has 0 amide bonds. The number of hydrogen-bond donors (Lipinski definition) is 0. The van der Waals surface area contributed by atoms with Crippen molar-refractivity contribution in [3.63, 3.8) is 0 Å². The van der Waals surface area contributed by atoms with E-state index in [0.717, 1.165) is 72.8 Å². The van der Waals surface area contributed by atoms with Crippen LogP contribution in [0.25, 0.3) is 0 Å². The van der Waals surface area contributed by atoms with Crippen LogP contribution in [0.15, 0.2) is 146 Å². The van der Waals surface area contributed by atoms with E-state index in [1.807, 2.05) is 12.9 Å². The van der Waals surface area contributed by atoms with E-state index in [1.165, 1.54) is 72.8 Å². The molecule has 404 valence electrons. The van der Waals surface area contributed by atoms with Crippen LogP contribution in [0.3, 0.4) is 0 Å². The number of halogens is 18. The van der Waals surface area contributed by atoms with E-state index in [1.54, 1.807) is 0 Å². The molecular weight excluding hydrogens is 1060 g/mol. The average molecular weight is 1110 g/mol. The van der Waals surface area contributed by atoms with Crippen LogP contribution in [0, 0.1) is 0 Å². The molecule has 3 aliphatic rings. The molecule has 22 heteroatoms. The first kappa shape index (κ1) is 55.1. The maximum atomic E-state index is 13.9. The van der Waals surface area contributed by atoms with Gasteiger partial charge in [0, 0.05) is 35.5 Å². The third-order valence-electron chi connectivity index (χ3n) is 14.5. The molecule has 9 rings (SSSR count). The molecule has 0 saturated carbocycles. The Balaban J connectivity index is 1.18. The predicted octanol–water partition coefficient (Wildman–Crippen LogP) is 16.1. The molecule has 6 aromatic rings. The highest BCUT2D eigenvalue weighted by molar-refractivity contribution is 7.90. The van der Waals surface area contributed by atoms with E-state index in [2.05, 4.69) is 0 Å². The van der Waals surface area contributed by atoms with Crippen molar-refractivity contribution < 1.29 is 79.0 Å².